The smallest absolute Gasteiger partial charge is 0.170 e. The molecule has 2 rings (SSSR count). The van der Waals surface area contributed by atoms with Gasteiger partial charge in [0.1, 0.15) is 0 Å². The Balaban J connectivity index is 1.84. The first-order valence-electron chi connectivity index (χ1n) is 7.68. The molecule has 0 atom stereocenters. The number of nitrogens with zero attached hydrogens (tertiary/aromatic N) is 1. The van der Waals surface area contributed by atoms with Crippen molar-refractivity contribution in [2.75, 3.05) is 43.6 Å². The van der Waals surface area contributed by atoms with Crippen molar-refractivity contribution in [3.63, 3.8) is 0 Å². The number of methoxy groups -OCH3 is 1. The molecule has 4 nitrogen and oxygen atoms in total. The molecule has 1 aliphatic heterocycles. The Bertz CT molecular complexity index is 428. The maximum atomic E-state index is 5.24. The number of benzene rings is 1. The third kappa shape index (κ3) is 5.52. The quantitative estimate of drug-likeness (QED) is 0.646. The summed E-state index contributed by atoms with van der Waals surface area (Å²) in [5.74, 6) is 0. The second-order valence-corrected chi connectivity index (χ2v) is 5.73. The highest BCUT2D eigenvalue weighted by atomic mass is 32.1. The molecule has 2 N–H and O–H groups in total. The topological polar surface area (TPSA) is 36.5 Å². The third-order valence-electron chi connectivity index (χ3n) is 3.69. The Morgan fingerprint density at radius 1 is 1.14 bits per heavy atom. The highest BCUT2D eigenvalue weighted by Gasteiger charge is 2.09. The second-order valence-electron chi connectivity index (χ2n) is 5.32. The first-order chi connectivity index (χ1) is 10.3. The van der Waals surface area contributed by atoms with Crippen LogP contribution in [0.3, 0.4) is 0 Å². The summed E-state index contributed by atoms with van der Waals surface area (Å²) in [4.78, 5) is 2.48. The van der Waals surface area contributed by atoms with Gasteiger partial charge in [0.25, 0.3) is 0 Å². The first-order valence-corrected chi connectivity index (χ1v) is 8.09. The summed E-state index contributed by atoms with van der Waals surface area (Å²) < 4.78 is 4.98. The van der Waals surface area contributed by atoms with Gasteiger partial charge < -0.3 is 20.3 Å². The van der Waals surface area contributed by atoms with Gasteiger partial charge in [-0.25, -0.2) is 0 Å². The van der Waals surface area contributed by atoms with Crippen molar-refractivity contribution in [3.05, 3.63) is 24.3 Å². The molecule has 0 aromatic heterocycles. The van der Waals surface area contributed by atoms with Crippen LogP contribution in [0.4, 0.5) is 11.4 Å². The van der Waals surface area contributed by atoms with Crippen LogP contribution < -0.4 is 15.5 Å². The largest absolute Gasteiger partial charge is 0.383 e. The van der Waals surface area contributed by atoms with Gasteiger partial charge in [0.15, 0.2) is 5.11 Å². The molecule has 1 heterocycles. The molecule has 0 aliphatic carbocycles. The molecule has 1 fully saturated rings. The molecule has 0 unspecified atom stereocenters. The Hall–Kier alpha value is -1.33. The van der Waals surface area contributed by atoms with Gasteiger partial charge in [0.05, 0.1) is 6.61 Å². The van der Waals surface area contributed by atoms with Crippen molar-refractivity contribution in [3.8, 4) is 0 Å². The van der Waals surface area contributed by atoms with Gasteiger partial charge in [-0.2, -0.15) is 0 Å². The molecular weight excluding hydrogens is 282 g/mol. The van der Waals surface area contributed by atoms with Crippen LogP contribution in [0, 0.1) is 0 Å². The SMILES string of the molecule is COCCNC(=S)Nc1ccc(N2CCCCCC2)cc1. The van der Waals surface area contributed by atoms with Gasteiger partial charge in [0.2, 0.25) is 0 Å². The van der Waals surface area contributed by atoms with E-state index in [1.165, 1.54) is 44.5 Å². The molecular formula is C16H25N3OS. The van der Waals surface area contributed by atoms with Crippen molar-refractivity contribution in [2.24, 2.45) is 0 Å². The lowest BCUT2D eigenvalue weighted by Crippen LogP contribution is -2.31. The number of anilines is 2. The second kappa shape index (κ2) is 8.85. The van der Waals surface area contributed by atoms with Crippen LogP contribution in [0.25, 0.3) is 0 Å². The van der Waals surface area contributed by atoms with Crippen LogP contribution >= 0.6 is 12.2 Å². The van der Waals surface area contributed by atoms with E-state index in [9.17, 15) is 0 Å². The fraction of sp³-hybridized carbons (Fsp3) is 0.562. The molecule has 0 bridgehead atoms. The normalized spacial score (nSPS) is 15.4. The molecule has 0 spiro atoms. The minimum Gasteiger partial charge on any atom is -0.383 e. The number of thiocarbonyl (C=S) groups is 1. The van der Waals surface area contributed by atoms with Gasteiger partial charge in [0, 0.05) is 38.1 Å². The van der Waals surface area contributed by atoms with Crippen LogP contribution in [0.2, 0.25) is 0 Å². The highest BCUT2D eigenvalue weighted by Crippen LogP contribution is 2.21. The molecule has 0 amide bonds. The van der Waals surface area contributed by atoms with Crippen LogP contribution in [-0.2, 0) is 4.74 Å². The average Bonchev–Trinajstić information content (AvgIpc) is 2.77. The molecule has 116 valence electrons. The fourth-order valence-corrected chi connectivity index (χ4v) is 2.75. The minimum absolute atomic E-state index is 0.634. The van der Waals surface area contributed by atoms with Crippen LogP contribution in [0.1, 0.15) is 25.7 Å². The molecule has 1 aromatic carbocycles. The van der Waals surface area contributed by atoms with Crippen molar-refractivity contribution in [2.45, 2.75) is 25.7 Å². The van der Waals surface area contributed by atoms with E-state index in [1.54, 1.807) is 7.11 Å². The maximum Gasteiger partial charge on any atom is 0.170 e. The standard InChI is InChI=1S/C16H25N3OS/c1-20-13-10-17-16(21)18-14-6-8-15(9-7-14)19-11-4-2-3-5-12-19/h6-9H,2-5,10-13H2,1H3,(H2,17,18,21). The van der Waals surface area contributed by atoms with E-state index in [0.717, 1.165) is 5.69 Å². The summed E-state index contributed by atoms with van der Waals surface area (Å²) in [6.07, 6.45) is 5.32. The zero-order chi connectivity index (χ0) is 14.9. The average molecular weight is 307 g/mol. The number of hydrogen-bond acceptors (Lipinski definition) is 3. The molecule has 1 aliphatic rings. The van der Waals surface area contributed by atoms with Gasteiger partial charge in [-0.15, -0.1) is 0 Å². The maximum absolute atomic E-state index is 5.24. The van der Waals surface area contributed by atoms with E-state index in [2.05, 4.69) is 39.8 Å². The predicted octanol–water partition coefficient (Wildman–Crippen LogP) is 3.00. The van der Waals surface area contributed by atoms with Gasteiger partial charge in [-0.3, -0.25) is 0 Å². The van der Waals surface area contributed by atoms with E-state index in [-0.39, 0.29) is 0 Å². The molecule has 5 heteroatoms. The lowest BCUT2D eigenvalue weighted by atomic mass is 10.2. The lowest BCUT2D eigenvalue weighted by molar-refractivity contribution is 0.204. The van der Waals surface area contributed by atoms with Gasteiger partial charge in [-0.05, 0) is 49.3 Å². The summed E-state index contributed by atoms with van der Waals surface area (Å²) in [5, 5.41) is 6.93. The molecule has 0 saturated carbocycles. The Labute approximate surface area is 132 Å². The van der Waals surface area contributed by atoms with E-state index >= 15 is 0 Å². The lowest BCUT2D eigenvalue weighted by Gasteiger charge is -2.23. The summed E-state index contributed by atoms with van der Waals surface area (Å²) in [7, 11) is 1.68. The minimum atomic E-state index is 0.634. The zero-order valence-electron chi connectivity index (χ0n) is 12.7. The van der Waals surface area contributed by atoms with Crippen LogP contribution in [0.15, 0.2) is 24.3 Å². The predicted molar refractivity (Wildman–Crippen MR) is 93.2 cm³/mol. The van der Waals surface area contributed by atoms with Crippen molar-refractivity contribution in [1.29, 1.82) is 0 Å². The summed E-state index contributed by atoms with van der Waals surface area (Å²) in [6, 6.07) is 8.52. The zero-order valence-corrected chi connectivity index (χ0v) is 13.5. The fourth-order valence-electron chi connectivity index (χ4n) is 2.53. The van der Waals surface area contributed by atoms with E-state index in [4.69, 9.17) is 17.0 Å². The van der Waals surface area contributed by atoms with E-state index in [0.29, 0.717) is 18.3 Å². The monoisotopic (exact) mass is 307 g/mol. The Morgan fingerprint density at radius 3 is 2.43 bits per heavy atom. The number of ether oxygens (including phenoxy) is 1. The molecule has 1 saturated heterocycles. The van der Waals surface area contributed by atoms with Crippen LogP contribution in [0.5, 0.6) is 0 Å². The first kappa shape index (κ1) is 16.0. The molecule has 0 radical (unpaired) electrons. The number of hydrogen-bond donors (Lipinski definition) is 2. The summed E-state index contributed by atoms with van der Waals surface area (Å²) in [6.45, 7) is 3.71. The van der Waals surface area contributed by atoms with Gasteiger partial charge >= 0.3 is 0 Å². The van der Waals surface area contributed by atoms with E-state index < -0.39 is 0 Å². The summed E-state index contributed by atoms with van der Waals surface area (Å²) >= 11 is 5.24. The van der Waals surface area contributed by atoms with Crippen molar-refractivity contribution >= 4 is 28.7 Å². The number of rotatable bonds is 5. The Kier molecular flexibility index (Phi) is 6.76. The third-order valence-corrected chi connectivity index (χ3v) is 3.93. The summed E-state index contributed by atoms with van der Waals surface area (Å²) in [5.41, 5.74) is 2.32. The van der Waals surface area contributed by atoms with Crippen LogP contribution in [-0.4, -0.2) is 38.5 Å². The van der Waals surface area contributed by atoms with E-state index in [1.807, 2.05) is 0 Å². The van der Waals surface area contributed by atoms with Crippen molar-refractivity contribution < 1.29 is 4.74 Å². The molecule has 1 aromatic rings. The number of nitrogens with one attached hydrogen (secondary N) is 2. The highest BCUT2D eigenvalue weighted by molar-refractivity contribution is 7.80. The van der Waals surface area contributed by atoms with Gasteiger partial charge in [-0.1, -0.05) is 12.8 Å². The Morgan fingerprint density at radius 2 is 1.81 bits per heavy atom. The van der Waals surface area contributed by atoms with Crippen molar-refractivity contribution in [1.82, 2.24) is 5.32 Å². The molecule has 21 heavy (non-hydrogen) atoms.